The summed E-state index contributed by atoms with van der Waals surface area (Å²) in [5.74, 6) is 0.783. The van der Waals surface area contributed by atoms with Gasteiger partial charge in [0.25, 0.3) is 0 Å². The number of H-pyrrole nitrogens is 1. The van der Waals surface area contributed by atoms with E-state index in [-0.39, 0.29) is 5.41 Å². The molecule has 4 heteroatoms. The first-order valence-electron chi connectivity index (χ1n) is 9.05. The number of benzene rings is 2. The fraction of sp³-hybridized carbons (Fsp3) is 0.217. The summed E-state index contributed by atoms with van der Waals surface area (Å²) in [5, 5.41) is 0.660. The molecule has 0 saturated carbocycles. The van der Waals surface area contributed by atoms with Gasteiger partial charge in [0.2, 0.25) is 0 Å². The van der Waals surface area contributed by atoms with Gasteiger partial charge in [0.15, 0.2) is 0 Å². The van der Waals surface area contributed by atoms with Gasteiger partial charge in [0.1, 0.15) is 5.82 Å². The van der Waals surface area contributed by atoms with Crippen LogP contribution in [-0.2, 0) is 5.41 Å². The number of hydrogen-bond acceptors (Lipinski definition) is 2. The normalized spacial score (nSPS) is 11.9. The van der Waals surface area contributed by atoms with Crippen LogP contribution in [0.1, 0.15) is 31.9 Å². The van der Waals surface area contributed by atoms with Crippen molar-refractivity contribution in [2.45, 2.75) is 33.1 Å². The minimum absolute atomic E-state index is 0.0965. The van der Waals surface area contributed by atoms with Gasteiger partial charge < -0.3 is 4.98 Å². The van der Waals surface area contributed by atoms with E-state index in [1.54, 1.807) is 6.20 Å². The summed E-state index contributed by atoms with van der Waals surface area (Å²) in [7, 11) is 0. The minimum atomic E-state index is 0.0965. The summed E-state index contributed by atoms with van der Waals surface area (Å²) >= 11 is 6.61. The lowest BCUT2D eigenvalue weighted by Gasteiger charge is -2.18. The van der Waals surface area contributed by atoms with Crippen molar-refractivity contribution in [2.24, 2.45) is 0 Å². The SMILES string of the molecule is Cc1cccnc1-c1ccc(-c2nc3ccc(C(C)(C)C)cc3[nH]2)c(Cl)c1. The third-order valence-corrected chi connectivity index (χ3v) is 5.17. The van der Waals surface area contributed by atoms with Crippen molar-refractivity contribution >= 4 is 22.6 Å². The van der Waals surface area contributed by atoms with Crippen LogP contribution in [0.4, 0.5) is 0 Å². The molecule has 0 amide bonds. The summed E-state index contributed by atoms with van der Waals surface area (Å²) in [5.41, 5.74) is 7.31. The Labute approximate surface area is 164 Å². The molecule has 1 N–H and O–H groups in total. The number of halogens is 1. The highest BCUT2D eigenvalue weighted by molar-refractivity contribution is 6.33. The lowest BCUT2D eigenvalue weighted by atomic mass is 9.87. The number of aryl methyl sites for hydroxylation is 1. The molecule has 0 aliphatic rings. The van der Waals surface area contributed by atoms with Gasteiger partial charge >= 0.3 is 0 Å². The van der Waals surface area contributed by atoms with Crippen molar-refractivity contribution in [1.29, 1.82) is 0 Å². The van der Waals surface area contributed by atoms with Gasteiger partial charge in [0.05, 0.1) is 21.7 Å². The molecule has 0 aliphatic carbocycles. The van der Waals surface area contributed by atoms with Crippen LogP contribution < -0.4 is 0 Å². The molecule has 0 atom stereocenters. The van der Waals surface area contributed by atoms with Crippen molar-refractivity contribution < 1.29 is 0 Å². The van der Waals surface area contributed by atoms with Crippen molar-refractivity contribution in [3.8, 4) is 22.6 Å². The Balaban J connectivity index is 1.76. The highest BCUT2D eigenvalue weighted by Crippen LogP contribution is 2.33. The van der Waals surface area contributed by atoms with Gasteiger partial charge in [-0.3, -0.25) is 4.98 Å². The zero-order valence-corrected chi connectivity index (χ0v) is 16.7. The van der Waals surface area contributed by atoms with Crippen LogP contribution in [0.15, 0.2) is 54.7 Å². The number of aromatic amines is 1. The van der Waals surface area contributed by atoms with E-state index in [0.29, 0.717) is 5.02 Å². The minimum Gasteiger partial charge on any atom is -0.338 e. The van der Waals surface area contributed by atoms with E-state index in [4.69, 9.17) is 16.6 Å². The summed E-state index contributed by atoms with van der Waals surface area (Å²) < 4.78 is 0. The molecule has 2 heterocycles. The maximum atomic E-state index is 6.61. The third-order valence-electron chi connectivity index (χ3n) is 4.85. The molecule has 27 heavy (non-hydrogen) atoms. The van der Waals surface area contributed by atoms with E-state index < -0.39 is 0 Å². The predicted molar refractivity (Wildman–Crippen MR) is 113 cm³/mol. The lowest BCUT2D eigenvalue weighted by molar-refractivity contribution is 0.591. The number of fused-ring (bicyclic) bond motifs is 1. The number of imidazole rings is 1. The Morgan fingerprint density at radius 3 is 2.52 bits per heavy atom. The van der Waals surface area contributed by atoms with Crippen molar-refractivity contribution in [3.05, 3.63) is 70.9 Å². The van der Waals surface area contributed by atoms with Crippen LogP contribution in [0.3, 0.4) is 0 Å². The highest BCUT2D eigenvalue weighted by Gasteiger charge is 2.16. The number of nitrogens with one attached hydrogen (secondary N) is 1. The molecule has 2 aromatic carbocycles. The zero-order valence-electron chi connectivity index (χ0n) is 16.0. The molecule has 0 spiro atoms. The van der Waals surface area contributed by atoms with Crippen LogP contribution in [0, 0.1) is 6.92 Å². The molecule has 4 rings (SSSR count). The van der Waals surface area contributed by atoms with E-state index in [0.717, 1.165) is 39.2 Å². The van der Waals surface area contributed by atoms with Crippen LogP contribution in [0.2, 0.25) is 5.02 Å². The van der Waals surface area contributed by atoms with Gasteiger partial charge in [-0.05, 0) is 53.8 Å². The standard InChI is InChI=1S/C23H22ClN3/c1-14-6-5-11-25-21(14)15-7-9-17(18(24)12-15)22-26-19-10-8-16(23(2,3)4)13-20(19)27-22/h5-13H,1-4H3,(H,26,27). The number of pyridine rings is 1. The van der Waals surface area contributed by atoms with Crippen LogP contribution in [0.5, 0.6) is 0 Å². The van der Waals surface area contributed by atoms with Crippen LogP contribution in [-0.4, -0.2) is 15.0 Å². The smallest absolute Gasteiger partial charge is 0.139 e. The Bertz CT molecular complexity index is 1140. The second-order valence-electron chi connectivity index (χ2n) is 7.93. The number of nitrogens with zero attached hydrogens (tertiary/aromatic N) is 2. The van der Waals surface area contributed by atoms with Crippen molar-refractivity contribution in [1.82, 2.24) is 15.0 Å². The van der Waals surface area contributed by atoms with Crippen molar-refractivity contribution in [2.75, 3.05) is 0 Å². The molecule has 136 valence electrons. The molecule has 2 aromatic heterocycles. The van der Waals surface area contributed by atoms with E-state index >= 15 is 0 Å². The maximum absolute atomic E-state index is 6.61. The summed E-state index contributed by atoms with van der Waals surface area (Å²) in [4.78, 5) is 12.6. The van der Waals surface area contributed by atoms with Crippen LogP contribution in [0.25, 0.3) is 33.7 Å². The second kappa shape index (κ2) is 6.50. The fourth-order valence-electron chi connectivity index (χ4n) is 3.25. The first kappa shape index (κ1) is 17.7. The van der Waals surface area contributed by atoms with E-state index in [1.807, 2.05) is 24.3 Å². The van der Waals surface area contributed by atoms with Crippen molar-refractivity contribution in [3.63, 3.8) is 0 Å². The van der Waals surface area contributed by atoms with E-state index in [2.05, 4.69) is 61.9 Å². The fourth-order valence-corrected chi connectivity index (χ4v) is 3.52. The first-order valence-corrected chi connectivity index (χ1v) is 9.43. The number of rotatable bonds is 2. The topological polar surface area (TPSA) is 41.6 Å². The largest absolute Gasteiger partial charge is 0.338 e. The Kier molecular flexibility index (Phi) is 4.27. The zero-order chi connectivity index (χ0) is 19.2. The number of hydrogen-bond donors (Lipinski definition) is 1. The first-order chi connectivity index (χ1) is 12.8. The molecule has 0 bridgehead atoms. The Hall–Kier alpha value is -2.65. The molecular weight excluding hydrogens is 354 g/mol. The summed E-state index contributed by atoms with van der Waals surface area (Å²) in [6.07, 6.45) is 1.80. The van der Waals surface area contributed by atoms with Gasteiger partial charge in [0, 0.05) is 17.3 Å². The van der Waals surface area contributed by atoms with Gasteiger partial charge in [-0.2, -0.15) is 0 Å². The Morgan fingerprint density at radius 1 is 1.00 bits per heavy atom. The van der Waals surface area contributed by atoms with E-state index in [1.165, 1.54) is 5.56 Å². The average Bonchev–Trinajstić information content (AvgIpc) is 3.04. The van der Waals surface area contributed by atoms with E-state index in [9.17, 15) is 0 Å². The highest BCUT2D eigenvalue weighted by atomic mass is 35.5. The quantitative estimate of drug-likeness (QED) is 0.431. The molecule has 0 fully saturated rings. The molecule has 0 radical (unpaired) electrons. The molecular formula is C23H22ClN3. The molecule has 0 aliphatic heterocycles. The lowest BCUT2D eigenvalue weighted by Crippen LogP contribution is -2.10. The second-order valence-corrected chi connectivity index (χ2v) is 8.34. The van der Waals surface area contributed by atoms with Gasteiger partial charge in [-0.25, -0.2) is 4.98 Å². The molecule has 0 saturated heterocycles. The Morgan fingerprint density at radius 2 is 1.81 bits per heavy atom. The molecule has 4 aromatic rings. The average molecular weight is 376 g/mol. The summed E-state index contributed by atoms with van der Waals surface area (Å²) in [6.45, 7) is 8.68. The number of aromatic nitrogens is 3. The molecule has 3 nitrogen and oxygen atoms in total. The third kappa shape index (κ3) is 3.35. The van der Waals surface area contributed by atoms with Gasteiger partial charge in [-0.1, -0.05) is 50.6 Å². The predicted octanol–water partition coefficient (Wildman–Crippen LogP) is 6.55. The van der Waals surface area contributed by atoms with Gasteiger partial charge in [-0.15, -0.1) is 0 Å². The van der Waals surface area contributed by atoms with Crippen LogP contribution >= 0.6 is 11.6 Å². The maximum Gasteiger partial charge on any atom is 0.139 e. The summed E-state index contributed by atoms with van der Waals surface area (Å²) in [6, 6.07) is 16.4. The molecule has 0 unspecified atom stereocenters. The monoisotopic (exact) mass is 375 g/mol.